The molecular formula is C40H26. The fourth-order valence-electron chi connectivity index (χ4n) is 6.27. The molecule has 8 aromatic rings. The zero-order chi connectivity index (χ0) is 26.5. The summed E-state index contributed by atoms with van der Waals surface area (Å²) in [6.07, 6.45) is 0. The van der Waals surface area contributed by atoms with Gasteiger partial charge in [-0.3, -0.25) is 0 Å². The first-order valence-electron chi connectivity index (χ1n) is 13.9. The number of hydrogen-bond acceptors (Lipinski definition) is 0. The second-order valence-electron chi connectivity index (χ2n) is 10.5. The summed E-state index contributed by atoms with van der Waals surface area (Å²) in [5.74, 6) is 0. The Hall–Kier alpha value is -5.20. The van der Waals surface area contributed by atoms with Crippen molar-refractivity contribution < 1.29 is 0 Å². The highest BCUT2D eigenvalue weighted by atomic mass is 14.2. The fraction of sp³-hybridized carbons (Fsp3) is 0. The van der Waals surface area contributed by atoms with Crippen LogP contribution in [0.25, 0.3) is 76.5 Å². The van der Waals surface area contributed by atoms with E-state index >= 15 is 0 Å². The molecule has 0 aliphatic rings. The monoisotopic (exact) mass is 506 g/mol. The first-order valence-corrected chi connectivity index (χ1v) is 13.9. The molecule has 40 heavy (non-hydrogen) atoms. The van der Waals surface area contributed by atoms with E-state index in [0.717, 1.165) is 0 Å². The summed E-state index contributed by atoms with van der Waals surface area (Å²) in [5.41, 5.74) is 7.48. The standard InChI is InChI=1S/C40H26/c1-2-9-27(10-3-1)31-21-23-37-38-24-22-32(26-40(38)36-15-7-6-14-35(36)39(37)25-31)28-17-19-30(20-18-28)34-16-8-12-29-11-4-5-13-33(29)34/h1-26H. The summed E-state index contributed by atoms with van der Waals surface area (Å²) < 4.78 is 0. The third kappa shape index (κ3) is 3.69. The smallest absolute Gasteiger partial charge is 0.00928 e. The molecule has 0 heterocycles. The van der Waals surface area contributed by atoms with Crippen molar-refractivity contribution >= 4 is 43.1 Å². The average Bonchev–Trinajstić information content (AvgIpc) is 3.04. The van der Waals surface area contributed by atoms with Crippen LogP contribution in [0.3, 0.4) is 0 Å². The Morgan fingerprint density at radius 1 is 0.225 bits per heavy atom. The summed E-state index contributed by atoms with van der Waals surface area (Å²) in [6.45, 7) is 0. The minimum atomic E-state index is 1.23. The number of fused-ring (bicyclic) bond motifs is 7. The lowest BCUT2D eigenvalue weighted by Crippen LogP contribution is -1.87. The van der Waals surface area contributed by atoms with Crippen molar-refractivity contribution in [2.75, 3.05) is 0 Å². The second kappa shape index (κ2) is 9.22. The minimum Gasteiger partial charge on any atom is -0.0622 e. The molecule has 0 unspecified atom stereocenters. The molecule has 8 aromatic carbocycles. The van der Waals surface area contributed by atoms with Crippen molar-refractivity contribution in [2.45, 2.75) is 0 Å². The molecule has 0 heteroatoms. The Kier molecular flexibility index (Phi) is 5.24. The van der Waals surface area contributed by atoms with Gasteiger partial charge in [-0.25, -0.2) is 0 Å². The quantitative estimate of drug-likeness (QED) is 0.209. The Bertz CT molecular complexity index is 2160. The molecule has 0 bridgehead atoms. The van der Waals surface area contributed by atoms with Gasteiger partial charge in [0.15, 0.2) is 0 Å². The summed E-state index contributed by atoms with van der Waals surface area (Å²) in [4.78, 5) is 0. The Morgan fingerprint density at radius 2 is 0.675 bits per heavy atom. The van der Waals surface area contributed by atoms with E-state index in [1.54, 1.807) is 0 Å². The highest BCUT2D eigenvalue weighted by Crippen LogP contribution is 2.39. The summed E-state index contributed by atoms with van der Waals surface area (Å²) in [5, 5.41) is 10.3. The maximum Gasteiger partial charge on any atom is -0.00928 e. The van der Waals surface area contributed by atoms with E-state index in [-0.39, 0.29) is 0 Å². The highest BCUT2D eigenvalue weighted by molar-refractivity contribution is 6.26. The van der Waals surface area contributed by atoms with Gasteiger partial charge in [-0.15, -0.1) is 0 Å². The van der Waals surface area contributed by atoms with Gasteiger partial charge in [0.25, 0.3) is 0 Å². The molecule has 0 aliphatic carbocycles. The van der Waals surface area contributed by atoms with E-state index in [2.05, 4.69) is 158 Å². The molecule has 0 N–H and O–H groups in total. The summed E-state index contributed by atoms with van der Waals surface area (Å²) >= 11 is 0. The van der Waals surface area contributed by atoms with Gasteiger partial charge in [-0.1, -0.05) is 146 Å². The van der Waals surface area contributed by atoms with Gasteiger partial charge in [0.05, 0.1) is 0 Å². The van der Waals surface area contributed by atoms with Crippen molar-refractivity contribution in [1.29, 1.82) is 0 Å². The second-order valence-corrected chi connectivity index (χ2v) is 10.5. The molecule has 0 saturated heterocycles. The van der Waals surface area contributed by atoms with E-state index in [4.69, 9.17) is 0 Å². The van der Waals surface area contributed by atoms with Crippen LogP contribution in [0.5, 0.6) is 0 Å². The summed E-state index contributed by atoms with van der Waals surface area (Å²) in [7, 11) is 0. The number of benzene rings is 8. The zero-order valence-corrected chi connectivity index (χ0v) is 22.0. The zero-order valence-electron chi connectivity index (χ0n) is 22.0. The van der Waals surface area contributed by atoms with Gasteiger partial charge in [-0.05, 0) is 88.6 Å². The summed E-state index contributed by atoms with van der Waals surface area (Å²) in [6, 6.07) is 57.5. The third-order valence-corrected chi connectivity index (χ3v) is 8.26. The van der Waals surface area contributed by atoms with Crippen molar-refractivity contribution in [3.05, 3.63) is 158 Å². The lowest BCUT2D eigenvalue weighted by atomic mass is 9.90. The van der Waals surface area contributed by atoms with Gasteiger partial charge in [0.1, 0.15) is 0 Å². The van der Waals surface area contributed by atoms with Crippen LogP contribution in [-0.4, -0.2) is 0 Å². The van der Waals surface area contributed by atoms with Crippen molar-refractivity contribution in [1.82, 2.24) is 0 Å². The lowest BCUT2D eigenvalue weighted by Gasteiger charge is -2.14. The molecular weight excluding hydrogens is 480 g/mol. The van der Waals surface area contributed by atoms with Crippen LogP contribution >= 0.6 is 0 Å². The average molecular weight is 507 g/mol. The number of hydrogen-bond donors (Lipinski definition) is 0. The fourth-order valence-corrected chi connectivity index (χ4v) is 6.27. The largest absolute Gasteiger partial charge is 0.0622 e. The first-order chi connectivity index (χ1) is 19.8. The highest BCUT2D eigenvalue weighted by Gasteiger charge is 2.12. The number of rotatable bonds is 3. The Labute approximate surface area is 233 Å². The molecule has 0 spiro atoms. The van der Waals surface area contributed by atoms with Crippen LogP contribution in [0.15, 0.2) is 158 Å². The van der Waals surface area contributed by atoms with Gasteiger partial charge < -0.3 is 0 Å². The normalized spacial score (nSPS) is 11.5. The molecule has 0 aliphatic heterocycles. The molecule has 0 fully saturated rings. The Morgan fingerprint density at radius 3 is 1.32 bits per heavy atom. The van der Waals surface area contributed by atoms with Crippen molar-refractivity contribution in [3.63, 3.8) is 0 Å². The van der Waals surface area contributed by atoms with Gasteiger partial charge in [0, 0.05) is 0 Å². The molecule has 0 nitrogen and oxygen atoms in total. The topological polar surface area (TPSA) is 0 Å². The maximum absolute atomic E-state index is 2.37. The van der Waals surface area contributed by atoms with Crippen LogP contribution in [0.4, 0.5) is 0 Å². The van der Waals surface area contributed by atoms with Crippen molar-refractivity contribution in [3.8, 4) is 33.4 Å². The molecule has 0 amide bonds. The van der Waals surface area contributed by atoms with Gasteiger partial charge >= 0.3 is 0 Å². The van der Waals surface area contributed by atoms with Crippen LogP contribution in [0.2, 0.25) is 0 Å². The minimum absolute atomic E-state index is 1.23. The van der Waals surface area contributed by atoms with Crippen LogP contribution in [-0.2, 0) is 0 Å². The van der Waals surface area contributed by atoms with Gasteiger partial charge in [-0.2, -0.15) is 0 Å². The van der Waals surface area contributed by atoms with Crippen LogP contribution < -0.4 is 0 Å². The predicted octanol–water partition coefficient (Wildman–Crippen LogP) is 11.3. The molecule has 0 atom stereocenters. The van der Waals surface area contributed by atoms with Crippen molar-refractivity contribution in [2.24, 2.45) is 0 Å². The molecule has 0 aromatic heterocycles. The first kappa shape index (κ1) is 22.8. The van der Waals surface area contributed by atoms with E-state index in [1.807, 2.05) is 0 Å². The molecule has 0 saturated carbocycles. The van der Waals surface area contributed by atoms with E-state index in [0.29, 0.717) is 0 Å². The Balaban J connectivity index is 1.27. The maximum atomic E-state index is 2.37. The molecule has 186 valence electrons. The lowest BCUT2D eigenvalue weighted by molar-refractivity contribution is 1.62. The molecule has 0 radical (unpaired) electrons. The molecule has 8 rings (SSSR count). The van der Waals surface area contributed by atoms with E-state index in [9.17, 15) is 0 Å². The predicted molar refractivity (Wildman–Crippen MR) is 173 cm³/mol. The third-order valence-electron chi connectivity index (χ3n) is 8.26. The van der Waals surface area contributed by atoms with E-state index in [1.165, 1.54) is 76.5 Å². The van der Waals surface area contributed by atoms with Gasteiger partial charge in [0.2, 0.25) is 0 Å². The van der Waals surface area contributed by atoms with E-state index < -0.39 is 0 Å². The van der Waals surface area contributed by atoms with Crippen LogP contribution in [0, 0.1) is 0 Å². The van der Waals surface area contributed by atoms with Crippen LogP contribution in [0.1, 0.15) is 0 Å². The SMILES string of the molecule is c1ccc(-c2ccc3c4ccc(-c5ccc(-c6cccc7ccccc67)cc5)cc4c4ccccc4c3c2)cc1.